The topological polar surface area (TPSA) is 64.8 Å². The molecule has 1 heterocycles. The maximum Gasteiger partial charge on any atom is 0.410 e. The van der Waals surface area contributed by atoms with Gasteiger partial charge in [-0.05, 0) is 32.9 Å². The fourth-order valence-electron chi connectivity index (χ4n) is 1.13. The van der Waals surface area contributed by atoms with Gasteiger partial charge in [-0.15, -0.1) is 0 Å². The van der Waals surface area contributed by atoms with E-state index in [1.165, 1.54) is 4.90 Å². The van der Waals surface area contributed by atoms with Gasteiger partial charge >= 0.3 is 6.09 Å². The lowest BCUT2D eigenvalue weighted by atomic mass is 10.2. The third-order valence-electron chi connectivity index (χ3n) is 1.99. The number of hydrogen-bond acceptors (Lipinski definition) is 5. The van der Waals surface area contributed by atoms with Crippen molar-refractivity contribution in [2.24, 2.45) is 0 Å². The number of carbonyl (C=O) groups is 1. The predicted molar refractivity (Wildman–Crippen MR) is 65.6 cm³/mol. The lowest BCUT2D eigenvalue weighted by Crippen LogP contribution is -2.36. The average molecular weight is 256 g/mol. The Morgan fingerprint density at radius 1 is 1.50 bits per heavy atom. The molecule has 1 rings (SSSR count). The quantitative estimate of drug-likeness (QED) is 0.826. The van der Waals surface area contributed by atoms with Crippen LogP contribution < -0.4 is 4.74 Å². The van der Waals surface area contributed by atoms with E-state index in [1.54, 1.807) is 20.0 Å². The Labute approximate surface area is 107 Å². The van der Waals surface area contributed by atoms with E-state index in [0.717, 1.165) is 0 Å². The van der Waals surface area contributed by atoms with Crippen LogP contribution in [-0.2, 0) is 4.74 Å². The van der Waals surface area contributed by atoms with Gasteiger partial charge in [0.25, 0.3) is 5.88 Å². The van der Waals surface area contributed by atoms with E-state index in [9.17, 15) is 4.79 Å². The van der Waals surface area contributed by atoms with Crippen LogP contribution in [0, 0.1) is 6.92 Å². The van der Waals surface area contributed by atoms with E-state index in [-0.39, 0.29) is 6.09 Å². The Hall–Kier alpha value is -1.72. The predicted octanol–water partition coefficient (Wildman–Crippen LogP) is 2.23. The molecular weight excluding hydrogens is 236 g/mol. The normalized spacial score (nSPS) is 11.2. The van der Waals surface area contributed by atoms with Crippen LogP contribution in [-0.4, -0.2) is 42.0 Å². The number of carbonyl (C=O) groups excluding carboxylic acids is 1. The Balaban J connectivity index is 2.28. The number of aryl methyl sites for hydroxylation is 1. The van der Waals surface area contributed by atoms with E-state index in [4.69, 9.17) is 14.0 Å². The molecule has 1 amide bonds. The monoisotopic (exact) mass is 256 g/mol. The molecule has 0 aliphatic rings. The van der Waals surface area contributed by atoms with Crippen LogP contribution in [0.15, 0.2) is 10.6 Å². The van der Waals surface area contributed by atoms with E-state index in [1.807, 2.05) is 20.8 Å². The molecular formula is C12H20N2O4. The molecule has 0 N–H and O–H groups in total. The molecule has 0 saturated heterocycles. The highest BCUT2D eigenvalue weighted by Crippen LogP contribution is 2.11. The molecule has 0 unspecified atom stereocenters. The van der Waals surface area contributed by atoms with Crippen LogP contribution in [0.5, 0.6) is 5.88 Å². The number of likely N-dealkylation sites (N-methyl/N-ethyl adjacent to an activating group) is 1. The van der Waals surface area contributed by atoms with Crippen LogP contribution in [0.25, 0.3) is 0 Å². The van der Waals surface area contributed by atoms with E-state index < -0.39 is 5.60 Å². The SMILES string of the molecule is Cc1cc(OCCN(C)C(=O)OC(C)(C)C)no1. The van der Waals surface area contributed by atoms with Crippen LogP contribution in [0.4, 0.5) is 4.79 Å². The summed E-state index contributed by atoms with van der Waals surface area (Å²) in [5.74, 6) is 1.11. The smallest absolute Gasteiger partial charge is 0.410 e. The van der Waals surface area contributed by atoms with Gasteiger partial charge in [-0.2, -0.15) is 0 Å². The molecule has 0 radical (unpaired) electrons. The van der Waals surface area contributed by atoms with E-state index >= 15 is 0 Å². The summed E-state index contributed by atoms with van der Waals surface area (Å²) in [5.41, 5.74) is -0.491. The van der Waals surface area contributed by atoms with Crippen LogP contribution in [0.2, 0.25) is 0 Å². The molecule has 0 aliphatic heterocycles. The van der Waals surface area contributed by atoms with Crippen molar-refractivity contribution >= 4 is 6.09 Å². The van der Waals surface area contributed by atoms with Gasteiger partial charge in [0.15, 0.2) is 0 Å². The standard InChI is InChI=1S/C12H20N2O4/c1-9-8-10(13-18-9)16-7-6-14(5)11(15)17-12(2,3)4/h8H,6-7H2,1-5H3. The molecule has 102 valence electrons. The molecule has 0 fully saturated rings. The summed E-state index contributed by atoms with van der Waals surface area (Å²) in [6.45, 7) is 8.02. The summed E-state index contributed by atoms with van der Waals surface area (Å²) < 4.78 is 15.4. The van der Waals surface area contributed by atoms with Crippen molar-refractivity contribution < 1.29 is 18.8 Å². The summed E-state index contributed by atoms with van der Waals surface area (Å²) in [7, 11) is 1.66. The van der Waals surface area contributed by atoms with Crippen LogP contribution >= 0.6 is 0 Å². The molecule has 6 nitrogen and oxygen atoms in total. The van der Waals surface area contributed by atoms with Crippen LogP contribution in [0.1, 0.15) is 26.5 Å². The van der Waals surface area contributed by atoms with Gasteiger partial charge < -0.3 is 18.9 Å². The largest absolute Gasteiger partial charge is 0.474 e. The Morgan fingerprint density at radius 3 is 2.67 bits per heavy atom. The minimum absolute atomic E-state index is 0.335. The highest BCUT2D eigenvalue weighted by Gasteiger charge is 2.19. The highest BCUT2D eigenvalue weighted by molar-refractivity contribution is 5.67. The molecule has 1 aromatic rings. The molecule has 0 aliphatic carbocycles. The Bertz CT molecular complexity index is 395. The second-order valence-corrected chi connectivity index (χ2v) is 5.03. The van der Waals surface area contributed by atoms with Gasteiger partial charge in [-0.25, -0.2) is 4.79 Å². The second kappa shape index (κ2) is 5.75. The molecule has 0 saturated carbocycles. The van der Waals surface area contributed by atoms with Crippen molar-refractivity contribution in [3.05, 3.63) is 11.8 Å². The minimum Gasteiger partial charge on any atom is -0.474 e. The summed E-state index contributed by atoms with van der Waals surface area (Å²) in [4.78, 5) is 13.1. The fraction of sp³-hybridized carbons (Fsp3) is 0.667. The maximum atomic E-state index is 11.6. The van der Waals surface area contributed by atoms with Gasteiger partial charge in [0, 0.05) is 13.1 Å². The van der Waals surface area contributed by atoms with Crippen molar-refractivity contribution in [2.75, 3.05) is 20.2 Å². The zero-order chi connectivity index (χ0) is 13.8. The van der Waals surface area contributed by atoms with Crippen molar-refractivity contribution in [2.45, 2.75) is 33.3 Å². The third-order valence-corrected chi connectivity index (χ3v) is 1.99. The lowest BCUT2D eigenvalue weighted by molar-refractivity contribution is 0.0276. The number of nitrogens with zero attached hydrogens (tertiary/aromatic N) is 2. The number of hydrogen-bond donors (Lipinski definition) is 0. The van der Waals surface area contributed by atoms with Gasteiger partial charge in [0.2, 0.25) is 0 Å². The lowest BCUT2D eigenvalue weighted by Gasteiger charge is -2.24. The van der Waals surface area contributed by atoms with Crippen molar-refractivity contribution in [3.63, 3.8) is 0 Å². The minimum atomic E-state index is -0.491. The maximum absolute atomic E-state index is 11.6. The van der Waals surface area contributed by atoms with Gasteiger partial charge in [-0.3, -0.25) is 0 Å². The second-order valence-electron chi connectivity index (χ2n) is 5.03. The summed E-state index contributed by atoms with van der Waals surface area (Å²) in [5, 5.41) is 3.68. The molecule has 6 heteroatoms. The number of aromatic nitrogens is 1. The average Bonchev–Trinajstić information content (AvgIpc) is 2.61. The van der Waals surface area contributed by atoms with E-state index in [2.05, 4.69) is 5.16 Å². The first kappa shape index (κ1) is 14.3. The van der Waals surface area contributed by atoms with E-state index in [0.29, 0.717) is 24.8 Å². The first-order chi connectivity index (χ1) is 8.28. The third kappa shape index (κ3) is 5.07. The first-order valence-electron chi connectivity index (χ1n) is 5.78. The number of rotatable bonds is 4. The highest BCUT2D eigenvalue weighted by atomic mass is 16.6. The Morgan fingerprint density at radius 2 is 2.17 bits per heavy atom. The van der Waals surface area contributed by atoms with Crippen molar-refractivity contribution in [1.82, 2.24) is 10.1 Å². The summed E-state index contributed by atoms with van der Waals surface area (Å²) >= 11 is 0. The zero-order valence-corrected chi connectivity index (χ0v) is 11.5. The molecule has 0 atom stereocenters. The summed E-state index contributed by atoms with van der Waals surface area (Å²) in [6, 6.07) is 1.69. The molecule has 0 bridgehead atoms. The zero-order valence-electron chi connectivity index (χ0n) is 11.5. The molecule has 1 aromatic heterocycles. The number of amides is 1. The van der Waals surface area contributed by atoms with Crippen LogP contribution in [0.3, 0.4) is 0 Å². The van der Waals surface area contributed by atoms with Gasteiger partial charge in [0.1, 0.15) is 18.0 Å². The summed E-state index contributed by atoms with van der Waals surface area (Å²) in [6.07, 6.45) is -0.373. The van der Waals surface area contributed by atoms with Gasteiger partial charge in [0.05, 0.1) is 6.54 Å². The fourth-order valence-corrected chi connectivity index (χ4v) is 1.13. The molecule has 0 aromatic carbocycles. The van der Waals surface area contributed by atoms with Crippen molar-refractivity contribution in [3.8, 4) is 5.88 Å². The Kier molecular flexibility index (Phi) is 4.58. The number of ether oxygens (including phenoxy) is 2. The van der Waals surface area contributed by atoms with Crippen molar-refractivity contribution in [1.29, 1.82) is 0 Å². The molecule has 18 heavy (non-hydrogen) atoms. The molecule has 0 spiro atoms. The van der Waals surface area contributed by atoms with Gasteiger partial charge in [-0.1, -0.05) is 0 Å². The first-order valence-corrected chi connectivity index (χ1v) is 5.78.